The molecule has 2 atom stereocenters. The lowest BCUT2D eigenvalue weighted by Crippen LogP contribution is -2.44. The molecule has 25 heavy (non-hydrogen) atoms. The van der Waals surface area contributed by atoms with Crippen LogP contribution in [0.1, 0.15) is 38.2 Å². The molecule has 0 spiro atoms. The molecule has 0 bridgehead atoms. The predicted molar refractivity (Wildman–Crippen MR) is 105 cm³/mol. The number of carbonyl (C=O) groups excluding carboxylic acids is 1. The fourth-order valence-electron chi connectivity index (χ4n) is 3.95. The maximum atomic E-state index is 12.3. The van der Waals surface area contributed by atoms with E-state index in [2.05, 4.69) is 52.8 Å². The van der Waals surface area contributed by atoms with E-state index in [1.807, 2.05) is 0 Å². The molecule has 2 aliphatic heterocycles. The zero-order valence-electron chi connectivity index (χ0n) is 15.2. The first kappa shape index (κ1) is 20.2. The molecule has 1 amide bonds. The minimum absolute atomic E-state index is 0. The molecule has 0 unspecified atom stereocenters. The number of carbonyl (C=O) groups is 1. The van der Waals surface area contributed by atoms with E-state index in [-0.39, 0.29) is 24.2 Å². The van der Waals surface area contributed by atoms with Gasteiger partial charge in [0.2, 0.25) is 5.91 Å². The number of hydrogen-bond donors (Lipinski definition) is 2. The van der Waals surface area contributed by atoms with Gasteiger partial charge in [0.15, 0.2) is 0 Å². The van der Waals surface area contributed by atoms with E-state index in [1.54, 1.807) is 0 Å². The van der Waals surface area contributed by atoms with Gasteiger partial charge in [0.25, 0.3) is 0 Å². The fourth-order valence-corrected chi connectivity index (χ4v) is 3.95. The first-order valence-electron chi connectivity index (χ1n) is 9.48. The van der Waals surface area contributed by atoms with Crippen molar-refractivity contribution in [3.63, 3.8) is 0 Å². The van der Waals surface area contributed by atoms with Crippen LogP contribution in [0.3, 0.4) is 0 Å². The van der Waals surface area contributed by atoms with Crippen LogP contribution in [-0.4, -0.2) is 43.0 Å². The van der Waals surface area contributed by atoms with Crippen LogP contribution in [0.15, 0.2) is 30.3 Å². The molecule has 2 N–H and O–H groups in total. The Morgan fingerprint density at radius 3 is 2.60 bits per heavy atom. The Kier molecular flexibility index (Phi) is 8.20. The quantitative estimate of drug-likeness (QED) is 0.843. The Hall–Kier alpha value is -1.10. The summed E-state index contributed by atoms with van der Waals surface area (Å²) in [5.41, 5.74) is 1.39. The summed E-state index contributed by atoms with van der Waals surface area (Å²) in [6.45, 7) is 7.32. The molecule has 1 aromatic rings. The topological polar surface area (TPSA) is 44.4 Å². The Bertz CT molecular complexity index is 517. The van der Waals surface area contributed by atoms with E-state index < -0.39 is 0 Å². The number of amides is 1. The summed E-state index contributed by atoms with van der Waals surface area (Å²) in [6.07, 6.45) is 4.33. The predicted octanol–water partition coefficient (Wildman–Crippen LogP) is 2.82. The van der Waals surface area contributed by atoms with Gasteiger partial charge in [0.05, 0.1) is 0 Å². The summed E-state index contributed by atoms with van der Waals surface area (Å²) >= 11 is 0. The van der Waals surface area contributed by atoms with Crippen molar-refractivity contribution < 1.29 is 4.79 Å². The molecule has 1 aromatic carbocycles. The molecule has 0 saturated carbocycles. The Morgan fingerprint density at radius 1 is 1.20 bits per heavy atom. The second kappa shape index (κ2) is 10.1. The molecule has 0 aliphatic carbocycles. The molecular weight excluding hydrogens is 334 g/mol. The summed E-state index contributed by atoms with van der Waals surface area (Å²) in [4.78, 5) is 14.9. The molecule has 4 nitrogen and oxygen atoms in total. The van der Waals surface area contributed by atoms with E-state index in [4.69, 9.17) is 0 Å². The van der Waals surface area contributed by atoms with Crippen molar-refractivity contribution in [2.24, 2.45) is 11.8 Å². The van der Waals surface area contributed by atoms with Crippen molar-refractivity contribution in [1.82, 2.24) is 15.5 Å². The van der Waals surface area contributed by atoms with E-state index in [0.29, 0.717) is 12.0 Å². The van der Waals surface area contributed by atoms with Gasteiger partial charge in [-0.25, -0.2) is 0 Å². The van der Waals surface area contributed by atoms with E-state index in [0.717, 1.165) is 45.6 Å². The molecule has 0 aromatic heterocycles. The Balaban J connectivity index is 0.00000225. The summed E-state index contributed by atoms with van der Waals surface area (Å²) in [6, 6.07) is 11.2. The lowest BCUT2D eigenvalue weighted by atomic mass is 9.91. The average molecular weight is 366 g/mol. The lowest BCUT2D eigenvalue weighted by Gasteiger charge is -2.33. The van der Waals surface area contributed by atoms with E-state index in [9.17, 15) is 4.79 Å². The number of rotatable bonds is 5. The molecule has 2 heterocycles. The largest absolute Gasteiger partial charge is 0.356 e. The van der Waals surface area contributed by atoms with E-state index >= 15 is 0 Å². The van der Waals surface area contributed by atoms with Crippen LogP contribution in [0.4, 0.5) is 0 Å². The van der Waals surface area contributed by atoms with Crippen molar-refractivity contribution >= 4 is 18.3 Å². The summed E-state index contributed by atoms with van der Waals surface area (Å²) in [7, 11) is 0. The number of likely N-dealkylation sites (tertiary alicyclic amines) is 1. The van der Waals surface area contributed by atoms with Gasteiger partial charge < -0.3 is 10.6 Å². The first-order valence-corrected chi connectivity index (χ1v) is 9.48. The highest BCUT2D eigenvalue weighted by molar-refractivity contribution is 5.85. The lowest BCUT2D eigenvalue weighted by molar-refractivity contribution is -0.126. The Labute approximate surface area is 158 Å². The highest BCUT2D eigenvalue weighted by Crippen LogP contribution is 2.20. The number of nitrogens with one attached hydrogen (secondary N) is 2. The number of halogens is 1. The van der Waals surface area contributed by atoms with Gasteiger partial charge in [-0.05, 0) is 63.7 Å². The van der Waals surface area contributed by atoms with Gasteiger partial charge in [-0.1, -0.05) is 30.3 Å². The maximum absolute atomic E-state index is 12.3. The second-order valence-electron chi connectivity index (χ2n) is 7.53. The molecule has 5 heteroatoms. The standard InChI is InChI=1S/C20H31N3O.ClH/c1-16-13-19(7-10-21-16)20(24)22-14-17-8-11-23(12-9-17)15-18-5-3-2-4-6-18;/h2-6,16-17,19,21H,7-15H2,1H3,(H,22,24);1H/t16-,19-;/m0./s1. The fraction of sp³-hybridized carbons (Fsp3) is 0.650. The number of hydrogen-bond acceptors (Lipinski definition) is 3. The van der Waals surface area contributed by atoms with Crippen LogP contribution in [0, 0.1) is 11.8 Å². The highest BCUT2D eigenvalue weighted by atomic mass is 35.5. The summed E-state index contributed by atoms with van der Waals surface area (Å²) < 4.78 is 0. The molecule has 140 valence electrons. The third kappa shape index (κ3) is 6.28. The van der Waals surface area contributed by atoms with Crippen molar-refractivity contribution in [2.45, 2.75) is 45.2 Å². The molecule has 3 rings (SSSR count). The SMILES string of the molecule is C[C@H]1C[C@@H](C(=O)NCC2CCN(Cc3ccccc3)CC2)CCN1.Cl. The van der Waals surface area contributed by atoms with Gasteiger partial charge in [-0.15, -0.1) is 12.4 Å². The van der Waals surface area contributed by atoms with Gasteiger partial charge in [-0.2, -0.15) is 0 Å². The second-order valence-corrected chi connectivity index (χ2v) is 7.53. The van der Waals surface area contributed by atoms with Gasteiger partial charge >= 0.3 is 0 Å². The number of piperidine rings is 2. The molecular formula is C20H32ClN3O. The zero-order valence-corrected chi connectivity index (χ0v) is 16.1. The van der Waals surface area contributed by atoms with Crippen LogP contribution in [0.2, 0.25) is 0 Å². The number of nitrogens with zero attached hydrogens (tertiary/aromatic N) is 1. The van der Waals surface area contributed by atoms with E-state index in [1.165, 1.54) is 18.4 Å². The maximum Gasteiger partial charge on any atom is 0.223 e. The van der Waals surface area contributed by atoms with Crippen molar-refractivity contribution in [3.8, 4) is 0 Å². The molecule has 2 saturated heterocycles. The van der Waals surface area contributed by atoms with Crippen molar-refractivity contribution in [3.05, 3.63) is 35.9 Å². The first-order chi connectivity index (χ1) is 11.7. The molecule has 2 aliphatic rings. The van der Waals surface area contributed by atoms with Crippen LogP contribution < -0.4 is 10.6 Å². The minimum atomic E-state index is 0. The van der Waals surface area contributed by atoms with Crippen LogP contribution in [0.25, 0.3) is 0 Å². The van der Waals surface area contributed by atoms with Crippen LogP contribution in [-0.2, 0) is 11.3 Å². The smallest absolute Gasteiger partial charge is 0.223 e. The number of benzene rings is 1. The van der Waals surface area contributed by atoms with Crippen molar-refractivity contribution in [2.75, 3.05) is 26.2 Å². The highest BCUT2D eigenvalue weighted by Gasteiger charge is 2.26. The summed E-state index contributed by atoms with van der Waals surface area (Å²) in [5, 5.41) is 6.63. The van der Waals surface area contributed by atoms with Gasteiger partial charge in [0.1, 0.15) is 0 Å². The van der Waals surface area contributed by atoms with Crippen molar-refractivity contribution in [1.29, 1.82) is 0 Å². The van der Waals surface area contributed by atoms with Crippen LogP contribution >= 0.6 is 12.4 Å². The minimum Gasteiger partial charge on any atom is -0.356 e. The van der Waals surface area contributed by atoms with Gasteiger partial charge in [-0.3, -0.25) is 9.69 Å². The zero-order chi connectivity index (χ0) is 16.8. The summed E-state index contributed by atoms with van der Waals surface area (Å²) in [5.74, 6) is 1.12. The molecule has 0 radical (unpaired) electrons. The average Bonchev–Trinajstić information content (AvgIpc) is 2.62. The monoisotopic (exact) mass is 365 g/mol. The van der Waals surface area contributed by atoms with Crippen LogP contribution in [0.5, 0.6) is 0 Å². The third-order valence-electron chi connectivity index (χ3n) is 5.52. The Morgan fingerprint density at radius 2 is 1.92 bits per heavy atom. The third-order valence-corrected chi connectivity index (χ3v) is 5.52. The molecule has 2 fully saturated rings. The normalized spacial score (nSPS) is 25.2. The van der Waals surface area contributed by atoms with Gasteiger partial charge in [0, 0.05) is 25.0 Å².